The van der Waals surface area contributed by atoms with Gasteiger partial charge in [-0.15, -0.1) is 0 Å². The molecule has 1 atom stereocenters. The van der Waals surface area contributed by atoms with Crippen LogP contribution in [-0.2, 0) is 5.41 Å². The maximum absolute atomic E-state index is 4.77. The van der Waals surface area contributed by atoms with Crippen molar-refractivity contribution in [1.82, 2.24) is 4.98 Å². The molecule has 126 valence electrons. The fourth-order valence-corrected chi connectivity index (χ4v) is 4.51. The molecule has 1 aromatic carbocycles. The number of para-hydroxylation sites is 1. The SMILES string of the molecule is CC(C)N1c2cccnc2N2c3ccccc3C(C)(C)C(C)(C)C21. The van der Waals surface area contributed by atoms with Gasteiger partial charge >= 0.3 is 0 Å². The van der Waals surface area contributed by atoms with Gasteiger partial charge in [0.2, 0.25) is 0 Å². The smallest absolute Gasteiger partial charge is 0.158 e. The highest BCUT2D eigenvalue weighted by Crippen LogP contribution is 2.60. The minimum atomic E-state index is 0.0618. The molecule has 0 aliphatic carbocycles. The van der Waals surface area contributed by atoms with E-state index in [0.29, 0.717) is 6.04 Å². The van der Waals surface area contributed by atoms with Crippen molar-refractivity contribution in [2.24, 2.45) is 5.41 Å². The van der Waals surface area contributed by atoms with Crippen LogP contribution in [0.1, 0.15) is 47.1 Å². The fourth-order valence-electron chi connectivity index (χ4n) is 4.51. The third-order valence-electron chi connectivity index (χ3n) is 6.43. The normalized spacial score (nSPS) is 23.0. The number of pyridine rings is 1. The lowest BCUT2D eigenvalue weighted by molar-refractivity contribution is 0.137. The van der Waals surface area contributed by atoms with E-state index in [4.69, 9.17) is 4.98 Å². The van der Waals surface area contributed by atoms with Crippen LogP contribution in [0.3, 0.4) is 0 Å². The van der Waals surface area contributed by atoms with E-state index >= 15 is 0 Å². The molecule has 0 N–H and O–H groups in total. The zero-order chi connectivity index (χ0) is 17.3. The molecular formula is C21H27N3. The molecule has 3 heterocycles. The first-order chi connectivity index (χ1) is 11.3. The number of aromatic nitrogens is 1. The summed E-state index contributed by atoms with van der Waals surface area (Å²) in [6, 6.07) is 13.5. The second-order valence-corrected chi connectivity index (χ2v) is 8.45. The van der Waals surface area contributed by atoms with Crippen LogP contribution in [-0.4, -0.2) is 17.2 Å². The van der Waals surface area contributed by atoms with Gasteiger partial charge < -0.3 is 9.80 Å². The first-order valence-corrected chi connectivity index (χ1v) is 8.90. The van der Waals surface area contributed by atoms with E-state index in [1.165, 1.54) is 16.9 Å². The van der Waals surface area contributed by atoms with Gasteiger partial charge in [-0.2, -0.15) is 0 Å². The molecule has 4 rings (SSSR count). The van der Waals surface area contributed by atoms with Gasteiger partial charge in [0, 0.05) is 28.8 Å². The number of fused-ring (bicyclic) bond motifs is 5. The molecule has 0 bridgehead atoms. The average molecular weight is 321 g/mol. The molecule has 2 aromatic rings. The summed E-state index contributed by atoms with van der Waals surface area (Å²) in [6.45, 7) is 14.1. The third kappa shape index (κ3) is 1.70. The minimum absolute atomic E-state index is 0.0618. The van der Waals surface area contributed by atoms with E-state index in [1.54, 1.807) is 0 Å². The number of hydrogen-bond donors (Lipinski definition) is 0. The van der Waals surface area contributed by atoms with Crippen molar-refractivity contribution < 1.29 is 0 Å². The van der Waals surface area contributed by atoms with Crippen LogP contribution in [0.15, 0.2) is 42.6 Å². The van der Waals surface area contributed by atoms with Crippen LogP contribution in [0.2, 0.25) is 0 Å². The molecule has 0 saturated carbocycles. The number of rotatable bonds is 1. The molecule has 0 fully saturated rings. The van der Waals surface area contributed by atoms with Crippen LogP contribution in [0, 0.1) is 5.41 Å². The minimum Gasteiger partial charge on any atom is -0.345 e. The fraction of sp³-hybridized carbons (Fsp3) is 0.476. The average Bonchev–Trinajstić information content (AvgIpc) is 2.90. The lowest BCUT2D eigenvalue weighted by Crippen LogP contribution is -2.62. The van der Waals surface area contributed by atoms with E-state index < -0.39 is 0 Å². The van der Waals surface area contributed by atoms with E-state index in [0.717, 1.165) is 5.82 Å². The molecular weight excluding hydrogens is 294 g/mol. The summed E-state index contributed by atoms with van der Waals surface area (Å²) in [5.74, 6) is 1.09. The largest absolute Gasteiger partial charge is 0.345 e. The maximum atomic E-state index is 4.77. The standard InChI is InChI=1S/C21H27N3/c1-14(2)23-17-12-9-13-22-18(17)24-16-11-8-7-10-15(16)20(3,4)21(5,6)19(23)24/h7-14,19H,1-6H3. The molecule has 1 unspecified atom stereocenters. The van der Waals surface area contributed by atoms with Gasteiger partial charge in [-0.25, -0.2) is 4.98 Å². The monoisotopic (exact) mass is 321 g/mol. The summed E-state index contributed by atoms with van der Waals surface area (Å²) in [4.78, 5) is 9.80. The van der Waals surface area contributed by atoms with E-state index in [9.17, 15) is 0 Å². The Morgan fingerprint density at radius 3 is 2.33 bits per heavy atom. The Kier molecular flexibility index (Phi) is 3.07. The molecule has 2 aliphatic heterocycles. The predicted molar refractivity (Wildman–Crippen MR) is 101 cm³/mol. The van der Waals surface area contributed by atoms with Crippen molar-refractivity contribution >= 4 is 17.2 Å². The molecule has 24 heavy (non-hydrogen) atoms. The highest BCUT2D eigenvalue weighted by Gasteiger charge is 2.58. The molecule has 0 spiro atoms. The third-order valence-corrected chi connectivity index (χ3v) is 6.43. The molecule has 0 radical (unpaired) electrons. The van der Waals surface area contributed by atoms with Gasteiger partial charge in [0.15, 0.2) is 5.82 Å². The van der Waals surface area contributed by atoms with E-state index in [2.05, 4.69) is 87.7 Å². The number of benzene rings is 1. The zero-order valence-electron chi connectivity index (χ0n) is 15.5. The molecule has 2 aliphatic rings. The lowest BCUT2D eigenvalue weighted by Gasteiger charge is -2.57. The van der Waals surface area contributed by atoms with Gasteiger partial charge in [-0.05, 0) is 37.6 Å². The summed E-state index contributed by atoms with van der Waals surface area (Å²) in [5, 5.41) is 0. The lowest BCUT2D eigenvalue weighted by atomic mass is 9.59. The van der Waals surface area contributed by atoms with Crippen LogP contribution in [0.25, 0.3) is 0 Å². The van der Waals surface area contributed by atoms with Crippen molar-refractivity contribution in [3.63, 3.8) is 0 Å². The highest BCUT2D eigenvalue weighted by molar-refractivity contribution is 5.84. The number of anilines is 3. The zero-order valence-corrected chi connectivity index (χ0v) is 15.5. The van der Waals surface area contributed by atoms with Crippen LogP contribution in [0.5, 0.6) is 0 Å². The second kappa shape index (κ2) is 4.75. The first-order valence-electron chi connectivity index (χ1n) is 8.90. The Bertz CT molecular complexity index is 791. The predicted octanol–water partition coefficient (Wildman–Crippen LogP) is 5.09. The Morgan fingerprint density at radius 2 is 1.62 bits per heavy atom. The van der Waals surface area contributed by atoms with Gasteiger partial charge in [-0.3, -0.25) is 0 Å². The summed E-state index contributed by atoms with van der Waals surface area (Å²) in [6.07, 6.45) is 2.18. The highest BCUT2D eigenvalue weighted by atomic mass is 15.5. The number of hydrogen-bond acceptors (Lipinski definition) is 3. The Morgan fingerprint density at radius 1 is 0.958 bits per heavy atom. The summed E-state index contributed by atoms with van der Waals surface area (Å²) in [5.41, 5.74) is 4.09. The molecule has 1 aromatic heterocycles. The molecule has 3 heteroatoms. The summed E-state index contributed by atoms with van der Waals surface area (Å²) < 4.78 is 0. The summed E-state index contributed by atoms with van der Waals surface area (Å²) >= 11 is 0. The van der Waals surface area contributed by atoms with Crippen molar-refractivity contribution in [3.05, 3.63) is 48.2 Å². The first kappa shape index (κ1) is 15.5. The van der Waals surface area contributed by atoms with Crippen LogP contribution >= 0.6 is 0 Å². The Labute approximate surface area is 145 Å². The van der Waals surface area contributed by atoms with Gasteiger partial charge in [0.25, 0.3) is 0 Å². The van der Waals surface area contributed by atoms with Gasteiger partial charge in [0.1, 0.15) is 6.17 Å². The Hall–Kier alpha value is -2.03. The van der Waals surface area contributed by atoms with Crippen LogP contribution < -0.4 is 9.80 Å². The van der Waals surface area contributed by atoms with Crippen LogP contribution in [0.4, 0.5) is 17.2 Å². The van der Waals surface area contributed by atoms with Crippen molar-refractivity contribution in [1.29, 1.82) is 0 Å². The van der Waals surface area contributed by atoms with Gasteiger partial charge in [0.05, 0.1) is 5.69 Å². The van der Waals surface area contributed by atoms with Crippen molar-refractivity contribution in [2.75, 3.05) is 9.80 Å². The van der Waals surface area contributed by atoms with Gasteiger partial charge in [-0.1, -0.05) is 45.9 Å². The quantitative estimate of drug-likeness (QED) is 0.729. The Balaban J connectivity index is 2.06. The molecule has 0 amide bonds. The maximum Gasteiger partial charge on any atom is 0.158 e. The van der Waals surface area contributed by atoms with Crippen molar-refractivity contribution in [2.45, 2.75) is 59.2 Å². The molecule has 3 nitrogen and oxygen atoms in total. The number of nitrogens with zero attached hydrogens (tertiary/aromatic N) is 3. The van der Waals surface area contributed by atoms with Crippen molar-refractivity contribution in [3.8, 4) is 0 Å². The van der Waals surface area contributed by atoms with E-state index in [-0.39, 0.29) is 17.0 Å². The molecule has 0 saturated heterocycles. The second-order valence-electron chi connectivity index (χ2n) is 8.45. The van der Waals surface area contributed by atoms with E-state index in [1.807, 2.05) is 6.20 Å². The summed E-state index contributed by atoms with van der Waals surface area (Å²) in [7, 11) is 0. The topological polar surface area (TPSA) is 19.4 Å².